The lowest BCUT2D eigenvalue weighted by Gasteiger charge is -2.28. The van der Waals surface area contributed by atoms with E-state index < -0.39 is 24.1 Å². The number of methoxy groups -OCH3 is 1. The summed E-state index contributed by atoms with van der Waals surface area (Å²) in [6.45, 7) is 3.26. The molecule has 6 heteroatoms. The maximum absolute atomic E-state index is 12.4. The summed E-state index contributed by atoms with van der Waals surface area (Å²) < 4.78 is 41.2. The van der Waals surface area contributed by atoms with Gasteiger partial charge in [0.25, 0.3) is 0 Å². The average Bonchev–Trinajstić information content (AvgIpc) is 2.10. The molecule has 0 saturated heterocycles. The first kappa shape index (κ1) is 13.0. The van der Waals surface area contributed by atoms with Gasteiger partial charge in [-0.1, -0.05) is 6.08 Å². The van der Waals surface area contributed by atoms with Gasteiger partial charge in [-0.25, -0.2) is 4.79 Å². The first-order valence-corrected chi connectivity index (χ1v) is 3.84. The molecular formula is C8H12F3NO2. The van der Waals surface area contributed by atoms with Crippen LogP contribution in [0.5, 0.6) is 0 Å². The minimum Gasteiger partial charge on any atom is -0.467 e. The lowest BCUT2D eigenvalue weighted by atomic mass is 9.94. The molecule has 1 atom stereocenters. The van der Waals surface area contributed by atoms with Crippen molar-refractivity contribution in [3.63, 3.8) is 0 Å². The fraction of sp³-hybridized carbons (Fsp3) is 0.625. The molecule has 0 aliphatic heterocycles. The minimum absolute atomic E-state index is 0.00882. The molecule has 3 nitrogen and oxygen atoms in total. The Kier molecular flexibility index (Phi) is 4.12. The molecule has 0 amide bonds. The molecular weight excluding hydrogens is 199 g/mol. The van der Waals surface area contributed by atoms with Crippen LogP contribution in [0.2, 0.25) is 0 Å². The average molecular weight is 211 g/mol. The van der Waals surface area contributed by atoms with Crippen molar-refractivity contribution in [2.75, 3.05) is 7.11 Å². The fourth-order valence-corrected chi connectivity index (χ4v) is 0.871. The zero-order chi connectivity index (χ0) is 11.4. The molecule has 1 unspecified atom stereocenters. The summed E-state index contributed by atoms with van der Waals surface area (Å²) >= 11 is 0. The van der Waals surface area contributed by atoms with E-state index in [9.17, 15) is 18.0 Å². The number of carbonyl (C=O) groups is 1. The van der Waals surface area contributed by atoms with Crippen LogP contribution in [0.4, 0.5) is 13.2 Å². The number of carbonyl (C=O) groups excluding carboxylic acids is 1. The van der Waals surface area contributed by atoms with Gasteiger partial charge in [0.1, 0.15) is 0 Å². The molecule has 2 N–H and O–H groups in total. The summed E-state index contributed by atoms with van der Waals surface area (Å²) in [6, 6.07) is 0. The Bertz CT molecular complexity index is 227. The summed E-state index contributed by atoms with van der Waals surface area (Å²) in [4.78, 5) is 10.9. The quantitative estimate of drug-likeness (QED) is 0.564. The first-order valence-electron chi connectivity index (χ1n) is 3.84. The second kappa shape index (κ2) is 4.45. The van der Waals surface area contributed by atoms with Crippen molar-refractivity contribution < 1.29 is 22.7 Å². The zero-order valence-corrected chi connectivity index (χ0v) is 7.73. The molecule has 0 aromatic heterocycles. The van der Waals surface area contributed by atoms with Gasteiger partial charge in [0.15, 0.2) is 0 Å². The topological polar surface area (TPSA) is 52.3 Å². The van der Waals surface area contributed by atoms with Gasteiger partial charge in [-0.3, -0.25) is 0 Å². The maximum Gasteiger partial charge on any atom is 0.417 e. The molecule has 0 aromatic rings. The van der Waals surface area contributed by atoms with Crippen LogP contribution in [0.1, 0.15) is 12.8 Å². The Morgan fingerprint density at radius 3 is 2.36 bits per heavy atom. The lowest BCUT2D eigenvalue weighted by molar-refractivity contribution is -0.205. The summed E-state index contributed by atoms with van der Waals surface area (Å²) in [6.07, 6.45) is -4.13. The van der Waals surface area contributed by atoms with Crippen LogP contribution in [0, 0.1) is 0 Å². The molecule has 0 radical (unpaired) electrons. The van der Waals surface area contributed by atoms with E-state index in [0.29, 0.717) is 0 Å². The van der Waals surface area contributed by atoms with Gasteiger partial charge in [0.2, 0.25) is 5.54 Å². The van der Waals surface area contributed by atoms with Crippen molar-refractivity contribution in [1.82, 2.24) is 0 Å². The summed E-state index contributed by atoms with van der Waals surface area (Å²) in [5.74, 6) is -1.48. The third-order valence-electron chi connectivity index (χ3n) is 1.80. The molecule has 0 spiro atoms. The van der Waals surface area contributed by atoms with Crippen LogP contribution in [0.15, 0.2) is 12.7 Å². The van der Waals surface area contributed by atoms with Crippen LogP contribution in [0.3, 0.4) is 0 Å². The van der Waals surface area contributed by atoms with Crippen molar-refractivity contribution in [1.29, 1.82) is 0 Å². The van der Waals surface area contributed by atoms with Gasteiger partial charge in [-0.05, 0) is 12.8 Å². The largest absolute Gasteiger partial charge is 0.467 e. The smallest absolute Gasteiger partial charge is 0.417 e. The second-order valence-corrected chi connectivity index (χ2v) is 2.79. The van der Waals surface area contributed by atoms with Gasteiger partial charge in [0, 0.05) is 0 Å². The number of esters is 1. The number of alkyl halides is 3. The highest BCUT2D eigenvalue weighted by molar-refractivity contribution is 5.81. The molecule has 82 valence electrons. The van der Waals surface area contributed by atoms with E-state index in [2.05, 4.69) is 11.3 Å². The lowest BCUT2D eigenvalue weighted by Crippen LogP contribution is -2.60. The zero-order valence-electron chi connectivity index (χ0n) is 7.73. The SMILES string of the molecule is C=CCCC(N)(C(=O)OC)C(F)(F)F. The minimum atomic E-state index is -4.82. The van der Waals surface area contributed by atoms with E-state index in [1.165, 1.54) is 6.08 Å². The summed E-state index contributed by atoms with van der Waals surface area (Å²) in [5, 5.41) is 0. The van der Waals surface area contributed by atoms with E-state index in [1.54, 1.807) is 0 Å². The highest BCUT2D eigenvalue weighted by Gasteiger charge is 2.58. The molecule has 0 aromatic carbocycles. The molecule has 0 fully saturated rings. The van der Waals surface area contributed by atoms with Gasteiger partial charge in [-0.15, -0.1) is 6.58 Å². The van der Waals surface area contributed by atoms with Gasteiger partial charge in [-0.2, -0.15) is 13.2 Å². The monoisotopic (exact) mass is 211 g/mol. The summed E-state index contributed by atoms with van der Waals surface area (Å²) in [5.41, 5.74) is 2.03. The highest BCUT2D eigenvalue weighted by atomic mass is 19.4. The van der Waals surface area contributed by atoms with Crippen molar-refractivity contribution in [3.05, 3.63) is 12.7 Å². The Morgan fingerprint density at radius 2 is 2.07 bits per heavy atom. The Labute approximate surface area is 79.7 Å². The van der Waals surface area contributed by atoms with Crippen LogP contribution in [-0.4, -0.2) is 24.8 Å². The number of halogens is 3. The fourth-order valence-electron chi connectivity index (χ4n) is 0.871. The Morgan fingerprint density at radius 1 is 1.57 bits per heavy atom. The normalized spacial score (nSPS) is 15.8. The van der Waals surface area contributed by atoms with Crippen molar-refractivity contribution in [2.24, 2.45) is 5.73 Å². The van der Waals surface area contributed by atoms with E-state index in [1.807, 2.05) is 0 Å². The molecule has 0 bridgehead atoms. The number of allylic oxidation sites excluding steroid dienone is 1. The number of rotatable bonds is 4. The third kappa shape index (κ3) is 2.47. The van der Waals surface area contributed by atoms with Crippen LogP contribution in [-0.2, 0) is 9.53 Å². The molecule has 14 heavy (non-hydrogen) atoms. The van der Waals surface area contributed by atoms with Gasteiger partial charge >= 0.3 is 12.1 Å². The molecule has 0 rings (SSSR count). The van der Waals surface area contributed by atoms with Crippen molar-refractivity contribution >= 4 is 5.97 Å². The van der Waals surface area contributed by atoms with E-state index in [0.717, 1.165) is 7.11 Å². The predicted octanol–water partition coefficient (Wildman–Crippen LogP) is 1.39. The highest BCUT2D eigenvalue weighted by Crippen LogP contribution is 2.33. The first-order chi connectivity index (χ1) is 6.29. The maximum atomic E-state index is 12.4. The Balaban J connectivity index is 4.85. The van der Waals surface area contributed by atoms with Gasteiger partial charge in [0.05, 0.1) is 7.11 Å². The van der Waals surface area contributed by atoms with Crippen molar-refractivity contribution in [3.8, 4) is 0 Å². The number of hydrogen-bond acceptors (Lipinski definition) is 3. The standard InChI is InChI=1S/C8H12F3NO2/c1-3-4-5-7(12,6(13)14-2)8(9,10)11/h3H,1,4-5,12H2,2H3. The van der Waals surface area contributed by atoms with Crippen LogP contribution < -0.4 is 5.73 Å². The molecule has 0 aliphatic rings. The molecule has 0 aliphatic carbocycles. The number of hydrogen-bond donors (Lipinski definition) is 1. The van der Waals surface area contributed by atoms with Crippen LogP contribution in [0.25, 0.3) is 0 Å². The Hall–Kier alpha value is -1.04. The number of nitrogens with two attached hydrogens (primary N) is 1. The second-order valence-electron chi connectivity index (χ2n) is 2.79. The van der Waals surface area contributed by atoms with Crippen LogP contribution >= 0.6 is 0 Å². The molecule has 0 heterocycles. The van der Waals surface area contributed by atoms with E-state index >= 15 is 0 Å². The van der Waals surface area contributed by atoms with Crippen molar-refractivity contribution in [2.45, 2.75) is 24.6 Å². The molecule has 0 saturated carbocycles. The van der Waals surface area contributed by atoms with E-state index in [-0.39, 0.29) is 6.42 Å². The predicted molar refractivity (Wildman–Crippen MR) is 44.4 cm³/mol. The third-order valence-corrected chi connectivity index (χ3v) is 1.80. The van der Waals surface area contributed by atoms with Gasteiger partial charge < -0.3 is 10.5 Å². The number of ether oxygens (including phenoxy) is 1. The van der Waals surface area contributed by atoms with E-state index in [4.69, 9.17) is 5.73 Å². The summed E-state index contributed by atoms with van der Waals surface area (Å²) in [7, 11) is 0.865.